The van der Waals surface area contributed by atoms with Crippen molar-refractivity contribution in [2.45, 2.75) is 27.2 Å². The van der Waals surface area contributed by atoms with Gasteiger partial charge in [-0.15, -0.1) is 0 Å². The molecular formula is C21H23N3O. The first-order valence-corrected chi connectivity index (χ1v) is 8.40. The molecule has 4 nitrogen and oxygen atoms in total. The van der Waals surface area contributed by atoms with Crippen LogP contribution in [0.1, 0.15) is 38.4 Å². The summed E-state index contributed by atoms with van der Waals surface area (Å²) in [5.41, 5.74) is 7.32. The van der Waals surface area contributed by atoms with Crippen molar-refractivity contribution in [3.63, 3.8) is 0 Å². The third-order valence-electron chi connectivity index (χ3n) is 4.57. The van der Waals surface area contributed by atoms with E-state index in [4.69, 9.17) is 0 Å². The third-order valence-corrected chi connectivity index (χ3v) is 4.57. The van der Waals surface area contributed by atoms with Crippen LogP contribution < -0.4 is 5.32 Å². The normalized spacial score (nSPS) is 10.7. The van der Waals surface area contributed by atoms with E-state index in [2.05, 4.69) is 29.5 Å². The van der Waals surface area contributed by atoms with Gasteiger partial charge < -0.3 is 5.32 Å². The second kappa shape index (κ2) is 6.93. The molecule has 0 aliphatic rings. The number of nitrogens with one attached hydrogen (secondary N) is 1. The van der Waals surface area contributed by atoms with Gasteiger partial charge in [0.1, 0.15) is 0 Å². The highest BCUT2D eigenvalue weighted by Crippen LogP contribution is 2.19. The highest BCUT2D eigenvalue weighted by Gasteiger charge is 2.10. The number of hydrogen-bond donors (Lipinski definition) is 1. The van der Waals surface area contributed by atoms with Gasteiger partial charge in [0.05, 0.1) is 5.69 Å². The maximum atomic E-state index is 12.3. The average Bonchev–Trinajstić information content (AvgIpc) is 2.83. The molecular weight excluding hydrogens is 310 g/mol. The molecule has 0 radical (unpaired) electrons. The summed E-state index contributed by atoms with van der Waals surface area (Å²) in [4.78, 5) is 12.3. The molecule has 2 aromatic carbocycles. The van der Waals surface area contributed by atoms with E-state index in [9.17, 15) is 4.79 Å². The van der Waals surface area contributed by atoms with Crippen LogP contribution in [0.5, 0.6) is 0 Å². The Bertz CT molecular complexity index is 890. The zero-order chi connectivity index (χ0) is 18.0. The van der Waals surface area contributed by atoms with Crippen LogP contribution in [-0.4, -0.2) is 15.7 Å². The summed E-state index contributed by atoms with van der Waals surface area (Å²) < 4.78 is 1.92. The quantitative estimate of drug-likeness (QED) is 0.778. The van der Waals surface area contributed by atoms with Crippen LogP contribution in [0.3, 0.4) is 0 Å². The van der Waals surface area contributed by atoms with Gasteiger partial charge in [0.15, 0.2) is 0 Å². The summed E-state index contributed by atoms with van der Waals surface area (Å²) in [6.07, 6.45) is 0.845. The first kappa shape index (κ1) is 17.0. The van der Waals surface area contributed by atoms with Crippen LogP contribution in [0.2, 0.25) is 0 Å². The van der Waals surface area contributed by atoms with Gasteiger partial charge in [-0.05, 0) is 50.6 Å². The first-order chi connectivity index (χ1) is 11.9. The van der Waals surface area contributed by atoms with E-state index in [1.54, 1.807) is 0 Å². The Morgan fingerprint density at radius 2 is 1.64 bits per heavy atom. The number of amides is 1. The molecule has 3 rings (SSSR count). The minimum Gasteiger partial charge on any atom is -0.322 e. The Morgan fingerprint density at radius 1 is 1.00 bits per heavy atom. The minimum atomic E-state index is -0.0910. The number of carbonyl (C=O) groups is 1. The predicted molar refractivity (Wildman–Crippen MR) is 101 cm³/mol. The lowest BCUT2D eigenvalue weighted by Crippen LogP contribution is -2.11. The number of hydrogen-bond acceptors (Lipinski definition) is 2. The average molecular weight is 333 g/mol. The van der Waals surface area contributed by atoms with Crippen molar-refractivity contribution in [2.75, 3.05) is 5.32 Å². The first-order valence-electron chi connectivity index (χ1n) is 8.40. The molecule has 0 bridgehead atoms. The molecule has 0 saturated carbocycles. The smallest absolute Gasteiger partial charge is 0.255 e. The fraction of sp³-hybridized carbons (Fsp3) is 0.238. The van der Waals surface area contributed by atoms with Crippen molar-refractivity contribution in [3.05, 3.63) is 82.2 Å². The van der Waals surface area contributed by atoms with Crippen molar-refractivity contribution in [1.82, 2.24) is 9.78 Å². The second-order valence-electron chi connectivity index (χ2n) is 6.47. The number of rotatable bonds is 4. The van der Waals surface area contributed by atoms with E-state index in [-0.39, 0.29) is 5.91 Å². The van der Waals surface area contributed by atoms with Crippen LogP contribution in [-0.2, 0) is 13.5 Å². The van der Waals surface area contributed by atoms with Crippen LogP contribution >= 0.6 is 0 Å². The molecule has 4 heteroatoms. The molecule has 1 heterocycles. The minimum absolute atomic E-state index is 0.0910. The van der Waals surface area contributed by atoms with Gasteiger partial charge in [0.2, 0.25) is 0 Å². The molecule has 0 aliphatic carbocycles. The van der Waals surface area contributed by atoms with Crippen molar-refractivity contribution in [1.29, 1.82) is 0 Å². The molecule has 25 heavy (non-hydrogen) atoms. The molecule has 1 amide bonds. The fourth-order valence-electron chi connectivity index (χ4n) is 2.89. The Labute approximate surface area is 148 Å². The van der Waals surface area contributed by atoms with Crippen LogP contribution in [0.4, 0.5) is 5.69 Å². The van der Waals surface area contributed by atoms with E-state index in [0.717, 1.165) is 23.4 Å². The summed E-state index contributed by atoms with van der Waals surface area (Å²) in [5.74, 6) is -0.0910. The van der Waals surface area contributed by atoms with Crippen molar-refractivity contribution in [3.8, 4) is 0 Å². The Morgan fingerprint density at radius 3 is 2.20 bits per heavy atom. The molecule has 3 aromatic rings. The Kier molecular flexibility index (Phi) is 4.70. The van der Waals surface area contributed by atoms with Gasteiger partial charge in [-0.3, -0.25) is 9.48 Å². The summed E-state index contributed by atoms with van der Waals surface area (Å²) >= 11 is 0. The van der Waals surface area contributed by atoms with Crippen molar-refractivity contribution in [2.24, 2.45) is 7.05 Å². The molecule has 1 aromatic heterocycles. The summed E-state index contributed by atoms with van der Waals surface area (Å²) in [5, 5.41) is 7.40. The van der Waals surface area contributed by atoms with Crippen LogP contribution in [0.25, 0.3) is 0 Å². The van der Waals surface area contributed by atoms with Crippen molar-refractivity contribution >= 4 is 11.6 Å². The van der Waals surface area contributed by atoms with Crippen molar-refractivity contribution < 1.29 is 4.79 Å². The molecule has 128 valence electrons. The summed E-state index contributed by atoms with van der Waals surface area (Å²) in [7, 11) is 1.97. The SMILES string of the molecule is Cc1ccc(C(=O)Nc2ccc(Cc3c(C)nn(C)c3C)cc2)cc1. The maximum Gasteiger partial charge on any atom is 0.255 e. The second-order valence-corrected chi connectivity index (χ2v) is 6.47. The lowest BCUT2D eigenvalue weighted by molar-refractivity contribution is 0.102. The highest BCUT2D eigenvalue weighted by molar-refractivity contribution is 6.04. The van der Waals surface area contributed by atoms with Gasteiger partial charge in [-0.2, -0.15) is 5.10 Å². The lowest BCUT2D eigenvalue weighted by atomic mass is 10.0. The standard InChI is InChI=1S/C21H23N3O/c1-14-5-9-18(10-6-14)21(25)22-19-11-7-17(8-12-19)13-20-15(2)23-24(4)16(20)3/h5-12H,13H2,1-4H3,(H,22,25). The van der Waals surface area contributed by atoms with Gasteiger partial charge in [0.25, 0.3) is 5.91 Å². The Balaban J connectivity index is 1.70. The monoisotopic (exact) mass is 333 g/mol. The molecule has 0 spiro atoms. The number of carbonyl (C=O) groups excluding carboxylic acids is 1. The molecule has 0 atom stereocenters. The topological polar surface area (TPSA) is 46.9 Å². The lowest BCUT2D eigenvalue weighted by Gasteiger charge is -2.07. The number of anilines is 1. The molecule has 0 unspecified atom stereocenters. The highest BCUT2D eigenvalue weighted by atomic mass is 16.1. The zero-order valence-electron chi connectivity index (χ0n) is 15.1. The van der Waals surface area contributed by atoms with E-state index in [1.165, 1.54) is 16.8 Å². The number of aryl methyl sites for hydroxylation is 3. The van der Waals surface area contributed by atoms with E-state index >= 15 is 0 Å². The van der Waals surface area contributed by atoms with E-state index in [0.29, 0.717) is 5.56 Å². The van der Waals surface area contributed by atoms with Gasteiger partial charge >= 0.3 is 0 Å². The summed E-state index contributed by atoms with van der Waals surface area (Å²) in [6.45, 7) is 6.14. The zero-order valence-corrected chi connectivity index (χ0v) is 15.1. The molecule has 0 fully saturated rings. The number of benzene rings is 2. The van der Waals surface area contributed by atoms with Gasteiger partial charge in [-0.25, -0.2) is 0 Å². The van der Waals surface area contributed by atoms with Gasteiger partial charge in [-0.1, -0.05) is 29.8 Å². The fourth-order valence-corrected chi connectivity index (χ4v) is 2.89. The summed E-state index contributed by atoms with van der Waals surface area (Å²) in [6, 6.07) is 15.6. The molecule has 1 N–H and O–H groups in total. The molecule has 0 aliphatic heterocycles. The van der Waals surface area contributed by atoms with E-state index in [1.807, 2.05) is 62.0 Å². The maximum absolute atomic E-state index is 12.3. The Hall–Kier alpha value is -2.88. The largest absolute Gasteiger partial charge is 0.322 e. The predicted octanol–water partition coefficient (Wildman–Crippen LogP) is 4.19. The van der Waals surface area contributed by atoms with E-state index < -0.39 is 0 Å². The van der Waals surface area contributed by atoms with Crippen LogP contribution in [0, 0.1) is 20.8 Å². The number of nitrogens with zero attached hydrogens (tertiary/aromatic N) is 2. The van der Waals surface area contributed by atoms with Crippen LogP contribution in [0.15, 0.2) is 48.5 Å². The number of aromatic nitrogens is 2. The third kappa shape index (κ3) is 3.79. The molecule has 0 saturated heterocycles. The van der Waals surface area contributed by atoms with Gasteiger partial charge in [0, 0.05) is 36.0 Å².